The average molecular weight is 428 g/mol. The van der Waals surface area contributed by atoms with E-state index >= 15 is 0 Å². The van der Waals surface area contributed by atoms with Gasteiger partial charge in [-0.3, -0.25) is 4.79 Å². The zero-order valence-corrected chi connectivity index (χ0v) is 17.4. The van der Waals surface area contributed by atoms with E-state index in [1.807, 2.05) is 12.1 Å². The number of fused-ring (bicyclic) bond motifs is 1. The molecular weight excluding hydrogens is 402 g/mol. The number of hydrogen-bond donors (Lipinski definition) is 0. The van der Waals surface area contributed by atoms with Crippen molar-refractivity contribution in [1.29, 1.82) is 0 Å². The lowest BCUT2D eigenvalue weighted by molar-refractivity contribution is -0.132. The molecule has 27 heavy (non-hydrogen) atoms. The van der Waals surface area contributed by atoms with Gasteiger partial charge in [-0.2, -0.15) is 0 Å². The van der Waals surface area contributed by atoms with Gasteiger partial charge in [-0.1, -0.05) is 34.1 Å². The van der Waals surface area contributed by atoms with Gasteiger partial charge < -0.3 is 9.64 Å². The zero-order chi connectivity index (χ0) is 18.8. The Kier molecular flexibility index (Phi) is 5.53. The predicted molar refractivity (Wildman–Crippen MR) is 111 cm³/mol. The highest BCUT2D eigenvalue weighted by atomic mass is 79.9. The molecule has 1 amide bonds. The second-order valence-corrected chi connectivity index (χ2v) is 8.57. The number of ether oxygens (including phenoxy) is 1. The number of carbonyl (C=O) groups is 1. The van der Waals surface area contributed by atoms with Crippen molar-refractivity contribution in [2.45, 2.75) is 50.5 Å². The van der Waals surface area contributed by atoms with Crippen LogP contribution in [0.25, 0.3) is 0 Å². The SMILES string of the molecule is COc1ccc2c(c1)CCCC2CC(=O)N1CCCC1c1cccc(Br)c1. The van der Waals surface area contributed by atoms with Gasteiger partial charge in [0.25, 0.3) is 0 Å². The van der Waals surface area contributed by atoms with Gasteiger partial charge in [-0.05, 0) is 79.0 Å². The molecule has 3 nitrogen and oxygen atoms in total. The van der Waals surface area contributed by atoms with Crippen molar-refractivity contribution in [3.8, 4) is 5.75 Å². The van der Waals surface area contributed by atoms with Crippen LogP contribution in [-0.4, -0.2) is 24.5 Å². The summed E-state index contributed by atoms with van der Waals surface area (Å²) in [5.74, 6) is 1.54. The lowest BCUT2D eigenvalue weighted by Gasteiger charge is -2.30. The maximum atomic E-state index is 13.2. The smallest absolute Gasteiger partial charge is 0.223 e. The summed E-state index contributed by atoms with van der Waals surface area (Å²) in [5.41, 5.74) is 3.93. The van der Waals surface area contributed by atoms with E-state index in [1.165, 1.54) is 16.7 Å². The molecule has 1 heterocycles. The molecule has 4 heteroatoms. The maximum Gasteiger partial charge on any atom is 0.223 e. The number of rotatable bonds is 4. The van der Waals surface area contributed by atoms with E-state index < -0.39 is 0 Å². The predicted octanol–water partition coefficient (Wildman–Crippen LogP) is 5.63. The van der Waals surface area contributed by atoms with Crippen LogP contribution in [0.1, 0.15) is 60.8 Å². The van der Waals surface area contributed by atoms with E-state index in [1.54, 1.807) is 7.11 Å². The number of hydrogen-bond acceptors (Lipinski definition) is 2. The number of likely N-dealkylation sites (tertiary alicyclic amines) is 1. The van der Waals surface area contributed by atoms with E-state index in [0.717, 1.165) is 48.9 Å². The molecule has 0 N–H and O–H groups in total. The highest BCUT2D eigenvalue weighted by Crippen LogP contribution is 2.39. The van der Waals surface area contributed by atoms with E-state index in [4.69, 9.17) is 4.74 Å². The Balaban J connectivity index is 1.51. The van der Waals surface area contributed by atoms with Gasteiger partial charge in [0.05, 0.1) is 13.2 Å². The molecule has 0 aromatic heterocycles. The van der Waals surface area contributed by atoms with Crippen LogP contribution in [0.15, 0.2) is 46.9 Å². The lowest BCUT2D eigenvalue weighted by atomic mass is 9.80. The molecule has 1 fully saturated rings. The van der Waals surface area contributed by atoms with E-state index in [-0.39, 0.29) is 6.04 Å². The van der Waals surface area contributed by atoms with Gasteiger partial charge in [0, 0.05) is 17.4 Å². The number of aryl methyl sites for hydroxylation is 1. The molecule has 0 spiro atoms. The van der Waals surface area contributed by atoms with E-state index in [0.29, 0.717) is 18.2 Å². The summed E-state index contributed by atoms with van der Waals surface area (Å²) in [5, 5.41) is 0. The van der Waals surface area contributed by atoms with Crippen molar-refractivity contribution >= 4 is 21.8 Å². The average Bonchev–Trinajstić information content (AvgIpc) is 3.18. The van der Waals surface area contributed by atoms with Crippen LogP contribution in [0.2, 0.25) is 0 Å². The zero-order valence-electron chi connectivity index (χ0n) is 15.8. The Morgan fingerprint density at radius 3 is 2.89 bits per heavy atom. The standard InChI is InChI=1S/C23H26BrNO2/c1-27-20-10-11-21-16(14-20)5-2-6-17(21)15-23(26)25-12-4-9-22(25)18-7-3-8-19(24)13-18/h3,7-8,10-11,13-14,17,22H,2,4-6,9,12,15H2,1H3. The van der Waals surface area contributed by atoms with Crippen LogP contribution in [0.5, 0.6) is 5.75 Å². The minimum atomic E-state index is 0.217. The number of nitrogens with zero attached hydrogens (tertiary/aromatic N) is 1. The third-order valence-corrected chi connectivity index (χ3v) is 6.51. The molecule has 1 aliphatic heterocycles. The Morgan fingerprint density at radius 1 is 1.19 bits per heavy atom. The summed E-state index contributed by atoms with van der Waals surface area (Å²) >= 11 is 3.56. The van der Waals surface area contributed by atoms with Crippen molar-refractivity contribution in [3.63, 3.8) is 0 Å². The first kappa shape index (κ1) is 18.5. The highest BCUT2D eigenvalue weighted by Gasteiger charge is 2.32. The number of halogens is 1. The lowest BCUT2D eigenvalue weighted by Crippen LogP contribution is -2.32. The van der Waals surface area contributed by atoms with Crippen molar-refractivity contribution in [2.24, 2.45) is 0 Å². The summed E-state index contributed by atoms with van der Waals surface area (Å²) in [6, 6.07) is 15.0. The van der Waals surface area contributed by atoms with Gasteiger partial charge in [-0.15, -0.1) is 0 Å². The molecule has 2 aliphatic rings. The first-order chi connectivity index (χ1) is 13.2. The molecule has 0 radical (unpaired) electrons. The van der Waals surface area contributed by atoms with Gasteiger partial charge in [0.2, 0.25) is 5.91 Å². The fourth-order valence-corrected chi connectivity index (χ4v) is 5.10. The fraction of sp³-hybridized carbons (Fsp3) is 0.435. The van der Waals surface area contributed by atoms with Crippen molar-refractivity contribution in [2.75, 3.05) is 13.7 Å². The minimum absolute atomic E-state index is 0.217. The van der Waals surface area contributed by atoms with Crippen molar-refractivity contribution in [1.82, 2.24) is 4.90 Å². The van der Waals surface area contributed by atoms with E-state index in [9.17, 15) is 4.79 Å². The summed E-state index contributed by atoms with van der Waals surface area (Å²) in [6.45, 7) is 0.873. The summed E-state index contributed by atoms with van der Waals surface area (Å²) in [6.07, 6.45) is 6.08. The largest absolute Gasteiger partial charge is 0.497 e. The molecule has 4 rings (SSSR count). The van der Waals surface area contributed by atoms with Crippen molar-refractivity contribution < 1.29 is 9.53 Å². The molecule has 2 atom stereocenters. The second-order valence-electron chi connectivity index (χ2n) is 7.66. The molecule has 1 aliphatic carbocycles. The molecule has 1 saturated heterocycles. The van der Waals surface area contributed by atoms with Crippen LogP contribution < -0.4 is 4.74 Å². The van der Waals surface area contributed by atoms with Gasteiger partial charge >= 0.3 is 0 Å². The number of benzene rings is 2. The Morgan fingerprint density at radius 2 is 2.07 bits per heavy atom. The van der Waals surface area contributed by atoms with Crippen LogP contribution >= 0.6 is 15.9 Å². The quantitative estimate of drug-likeness (QED) is 0.632. The minimum Gasteiger partial charge on any atom is -0.497 e. The second kappa shape index (κ2) is 8.05. The molecule has 0 saturated carbocycles. The molecule has 0 bridgehead atoms. The normalized spacial score (nSPS) is 21.8. The molecule has 2 aromatic carbocycles. The summed E-state index contributed by atoms with van der Waals surface area (Å²) in [4.78, 5) is 15.3. The Labute approximate surface area is 169 Å². The van der Waals surface area contributed by atoms with Gasteiger partial charge in [-0.25, -0.2) is 0 Å². The van der Waals surface area contributed by atoms with Crippen LogP contribution in [0, 0.1) is 0 Å². The number of carbonyl (C=O) groups excluding carboxylic acids is 1. The maximum absolute atomic E-state index is 13.2. The molecular formula is C23H26BrNO2. The first-order valence-electron chi connectivity index (χ1n) is 9.87. The third-order valence-electron chi connectivity index (χ3n) is 6.02. The molecule has 142 valence electrons. The first-order valence-corrected chi connectivity index (χ1v) is 10.7. The number of methoxy groups -OCH3 is 1. The molecule has 2 aromatic rings. The third kappa shape index (κ3) is 3.91. The van der Waals surface area contributed by atoms with Gasteiger partial charge in [0.15, 0.2) is 0 Å². The van der Waals surface area contributed by atoms with Crippen LogP contribution in [0.4, 0.5) is 0 Å². The van der Waals surface area contributed by atoms with Crippen LogP contribution in [-0.2, 0) is 11.2 Å². The Hall–Kier alpha value is -1.81. The summed E-state index contributed by atoms with van der Waals surface area (Å²) < 4.78 is 6.45. The van der Waals surface area contributed by atoms with Gasteiger partial charge in [0.1, 0.15) is 5.75 Å². The van der Waals surface area contributed by atoms with Crippen LogP contribution in [0.3, 0.4) is 0 Å². The summed E-state index contributed by atoms with van der Waals surface area (Å²) in [7, 11) is 1.71. The monoisotopic (exact) mass is 427 g/mol. The topological polar surface area (TPSA) is 29.5 Å². The molecule has 2 unspecified atom stereocenters. The van der Waals surface area contributed by atoms with Crippen molar-refractivity contribution in [3.05, 3.63) is 63.6 Å². The van der Waals surface area contributed by atoms with E-state index in [2.05, 4.69) is 51.2 Å². The Bertz CT molecular complexity index is 835. The fourth-order valence-electron chi connectivity index (χ4n) is 4.68. The highest BCUT2D eigenvalue weighted by molar-refractivity contribution is 9.10. The number of amides is 1.